The number of benzene rings is 2. The molecule has 0 atom stereocenters. The molecule has 2 aromatic carbocycles. The van der Waals surface area contributed by atoms with Gasteiger partial charge in [0, 0.05) is 37.6 Å². The number of rotatable bonds is 7. The number of aliphatic imine (C=N–C) groups is 1. The Balaban J connectivity index is 0.00000324. The van der Waals surface area contributed by atoms with Crippen LogP contribution in [0.2, 0.25) is 0 Å². The monoisotopic (exact) mass is 574 g/mol. The van der Waals surface area contributed by atoms with E-state index in [1.807, 2.05) is 11.6 Å². The molecular weight excluding hydrogens is 539 g/mol. The van der Waals surface area contributed by atoms with Crippen molar-refractivity contribution in [2.75, 3.05) is 37.7 Å². The van der Waals surface area contributed by atoms with Crippen molar-refractivity contribution in [3.63, 3.8) is 0 Å². The molecule has 7 nitrogen and oxygen atoms in total. The van der Waals surface area contributed by atoms with Gasteiger partial charge < -0.3 is 20.3 Å². The van der Waals surface area contributed by atoms with Crippen LogP contribution in [0.15, 0.2) is 59.6 Å². The smallest absolute Gasteiger partial charge is 0.191 e. The molecule has 0 aliphatic carbocycles. The largest absolute Gasteiger partial charge is 0.378 e. The lowest BCUT2D eigenvalue weighted by molar-refractivity contribution is 0.122. The SMILES string of the molecule is CCNC(=NCc1ccccc1N1CCOCC1)NCc1ccccc1-n1nc(C)cc1C.I. The van der Waals surface area contributed by atoms with Crippen LogP contribution in [0.5, 0.6) is 0 Å². The molecule has 2 heterocycles. The number of morpholine rings is 1. The first kappa shape index (κ1) is 26.0. The van der Waals surface area contributed by atoms with Gasteiger partial charge >= 0.3 is 0 Å². The summed E-state index contributed by atoms with van der Waals surface area (Å²) in [6.07, 6.45) is 0. The van der Waals surface area contributed by atoms with Gasteiger partial charge in [0.25, 0.3) is 0 Å². The van der Waals surface area contributed by atoms with Crippen molar-refractivity contribution in [2.24, 2.45) is 4.99 Å². The van der Waals surface area contributed by atoms with Gasteiger partial charge in [-0.15, -0.1) is 24.0 Å². The van der Waals surface area contributed by atoms with Gasteiger partial charge in [0.2, 0.25) is 0 Å². The quantitative estimate of drug-likeness (QED) is 0.252. The molecular formula is C26H35IN6O. The molecule has 0 amide bonds. The lowest BCUT2D eigenvalue weighted by atomic mass is 10.1. The Kier molecular flexibility index (Phi) is 9.76. The van der Waals surface area contributed by atoms with Crippen molar-refractivity contribution in [3.05, 3.63) is 77.1 Å². The first-order chi connectivity index (χ1) is 16.2. The molecule has 0 bridgehead atoms. The molecule has 1 saturated heterocycles. The fourth-order valence-electron chi connectivity index (χ4n) is 4.18. The summed E-state index contributed by atoms with van der Waals surface area (Å²) in [7, 11) is 0. The van der Waals surface area contributed by atoms with E-state index >= 15 is 0 Å². The zero-order chi connectivity index (χ0) is 23.0. The minimum Gasteiger partial charge on any atom is -0.378 e. The minimum absolute atomic E-state index is 0. The first-order valence-electron chi connectivity index (χ1n) is 11.7. The van der Waals surface area contributed by atoms with Crippen molar-refractivity contribution in [1.82, 2.24) is 20.4 Å². The van der Waals surface area contributed by atoms with E-state index < -0.39 is 0 Å². The van der Waals surface area contributed by atoms with E-state index in [1.165, 1.54) is 16.8 Å². The highest BCUT2D eigenvalue weighted by atomic mass is 127. The van der Waals surface area contributed by atoms with Crippen molar-refractivity contribution in [3.8, 4) is 5.69 Å². The summed E-state index contributed by atoms with van der Waals surface area (Å²) in [5, 5.41) is 11.6. The third-order valence-electron chi connectivity index (χ3n) is 5.77. The fourth-order valence-corrected chi connectivity index (χ4v) is 4.18. The summed E-state index contributed by atoms with van der Waals surface area (Å²) < 4.78 is 7.53. The Morgan fingerprint density at radius 1 is 0.971 bits per heavy atom. The average Bonchev–Trinajstić information content (AvgIpc) is 3.19. The summed E-state index contributed by atoms with van der Waals surface area (Å²) in [6, 6.07) is 19.0. The van der Waals surface area contributed by atoms with Gasteiger partial charge in [0.05, 0.1) is 31.1 Å². The third kappa shape index (κ3) is 6.50. The molecule has 0 unspecified atom stereocenters. The van der Waals surface area contributed by atoms with Crippen molar-refractivity contribution < 1.29 is 4.74 Å². The van der Waals surface area contributed by atoms with Crippen molar-refractivity contribution in [1.29, 1.82) is 0 Å². The molecule has 8 heteroatoms. The average molecular weight is 575 g/mol. The second-order valence-corrected chi connectivity index (χ2v) is 8.24. The Morgan fingerprint density at radius 3 is 2.32 bits per heavy atom. The summed E-state index contributed by atoms with van der Waals surface area (Å²) in [5.74, 6) is 0.803. The number of hydrogen-bond acceptors (Lipinski definition) is 4. The molecule has 2 N–H and O–H groups in total. The summed E-state index contributed by atoms with van der Waals surface area (Å²) in [4.78, 5) is 7.28. The van der Waals surface area contributed by atoms with Crippen LogP contribution in [0.25, 0.3) is 5.69 Å². The number of para-hydroxylation sites is 2. The molecule has 4 rings (SSSR count). The third-order valence-corrected chi connectivity index (χ3v) is 5.77. The number of halogens is 1. The normalized spacial score (nSPS) is 14.0. The van der Waals surface area contributed by atoms with E-state index in [4.69, 9.17) is 9.73 Å². The number of nitrogens with one attached hydrogen (secondary N) is 2. The maximum Gasteiger partial charge on any atom is 0.191 e. The fraction of sp³-hybridized carbons (Fsp3) is 0.385. The lowest BCUT2D eigenvalue weighted by Gasteiger charge is -2.30. The Hall–Kier alpha value is -2.59. The minimum atomic E-state index is 0. The molecule has 1 fully saturated rings. The van der Waals surface area contributed by atoms with Gasteiger partial charge in [-0.2, -0.15) is 5.10 Å². The number of aryl methyl sites for hydroxylation is 2. The van der Waals surface area contributed by atoms with E-state index in [2.05, 4.69) is 89.1 Å². The summed E-state index contributed by atoms with van der Waals surface area (Å²) in [5.41, 5.74) is 6.87. The van der Waals surface area contributed by atoms with Gasteiger partial charge in [0.1, 0.15) is 0 Å². The topological polar surface area (TPSA) is 66.7 Å². The second-order valence-electron chi connectivity index (χ2n) is 8.24. The zero-order valence-corrected chi connectivity index (χ0v) is 22.6. The van der Waals surface area contributed by atoms with E-state index in [0.29, 0.717) is 13.1 Å². The van der Waals surface area contributed by atoms with Crippen LogP contribution in [0.1, 0.15) is 29.4 Å². The lowest BCUT2D eigenvalue weighted by Crippen LogP contribution is -2.37. The van der Waals surface area contributed by atoms with Gasteiger partial charge in [-0.1, -0.05) is 36.4 Å². The maximum atomic E-state index is 5.52. The molecule has 1 aromatic heterocycles. The summed E-state index contributed by atoms with van der Waals surface area (Å²) >= 11 is 0. The first-order valence-corrected chi connectivity index (χ1v) is 11.7. The van der Waals surface area contributed by atoms with Gasteiger partial charge in [-0.3, -0.25) is 0 Å². The number of aromatic nitrogens is 2. The van der Waals surface area contributed by atoms with Crippen LogP contribution in [-0.2, 0) is 17.8 Å². The Labute approximate surface area is 219 Å². The standard InChI is InChI=1S/C26H34N6O.HI/c1-4-27-26(28-18-22-9-5-7-11-24(22)31-13-15-33-16-14-31)29-19-23-10-6-8-12-25(23)32-21(3)17-20(2)30-32;/h5-12,17H,4,13-16,18-19H2,1-3H3,(H2,27,28,29);1H. The van der Waals surface area contributed by atoms with Crippen LogP contribution in [0.3, 0.4) is 0 Å². The summed E-state index contributed by atoms with van der Waals surface area (Å²) in [6.45, 7) is 11.7. The van der Waals surface area contributed by atoms with Crippen LogP contribution in [0.4, 0.5) is 5.69 Å². The number of nitrogens with zero attached hydrogens (tertiary/aromatic N) is 4. The number of hydrogen-bond donors (Lipinski definition) is 2. The van der Waals surface area contributed by atoms with E-state index in [-0.39, 0.29) is 24.0 Å². The second kappa shape index (κ2) is 12.8. The predicted molar refractivity (Wildman–Crippen MR) is 150 cm³/mol. The molecule has 3 aromatic rings. The van der Waals surface area contributed by atoms with Crippen molar-refractivity contribution in [2.45, 2.75) is 33.9 Å². The molecule has 1 aliphatic rings. The van der Waals surface area contributed by atoms with Gasteiger partial charge in [0.15, 0.2) is 5.96 Å². The van der Waals surface area contributed by atoms with E-state index in [1.54, 1.807) is 0 Å². The van der Waals surface area contributed by atoms with Crippen LogP contribution in [-0.4, -0.2) is 48.6 Å². The molecule has 34 heavy (non-hydrogen) atoms. The Morgan fingerprint density at radius 2 is 1.65 bits per heavy atom. The van der Waals surface area contributed by atoms with Crippen LogP contribution >= 0.6 is 24.0 Å². The molecule has 1 aliphatic heterocycles. The molecule has 0 spiro atoms. The number of guanidine groups is 1. The zero-order valence-electron chi connectivity index (χ0n) is 20.3. The molecule has 0 saturated carbocycles. The van der Waals surface area contributed by atoms with Gasteiger partial charge in [-0.05, 0) is 50.1 Å². The van der Waals surface area contributed by atoms with Crippen molar-refractivity contribution >= 4 is 35.6 Å². The number of anilines is 1. The highest BCUT2D eigenvalue weighted by Crippen LogP contribution is 2.22. The van der Waals surface area contributed by atoms with E-state index in [9.17, 15) is 0 Å². The highest BCUT2D eigenvalue weighted by molar-refractivity contribution is 14.0. The van der Waals surface area contributed by atoms with Crippen LogP contribution in [0, 0.1) is 13.8 Å². The molecule has 0 radical (unpaired) electrons. The van der Waals surface area contributed by atoms with Gasteiger partial charge in [-0.25, -0.2) is 9.67 Å². The molecule has 182 valence electrons. The Bertz CT molecular complexity index is 1090. The number of ether oxygens (including phenoxy) is 1. The van der Waals surface area contributed by atoms with Crippen LogP contribution < -0.4 is 15.5 Å². The predicted octanol–water partition coefficient (Wildman–Crippen LogP) is 4.20. The van der Waals surface area contributed by atoms with E-state index in [0.717, 1.165) is 55.9 Å². The maximum absolute atomic E-state index is 5.52. The highest BCUT2D eigenvalue weighted by Gasteiger charge is 2.14.